The molecule has 1 fully saturated rings. The van der Waals surface area contributed by atoms with E-state index in [1.165, 1.54) is 5.01 Å². The molecule has 1 N–H and O–H groups in total. The normalized spacial score (nSPS) is 22.4. The van der Waals surface area contributed by atoms with Crippen LogP contribution in [-0.2, 0) is 19.4 Å². The fraction of sp³-hybridized carbons (Fsp3) is 0.500. The van der Waals surface area contributed by atoms with Crippen molar-refractivity contribution in [3.8, 4) is 0 Å². The van der Waals surface area contributed by atoms with Crippen LogP contribution in [0.1, 0.15) is 44.6 Å². The highest BCUT2D eigenvalue weighted by atomic mass is 32.2. The summed E-state index contributed by atoms with van der Waals surface area (Å²) in [4.78, 5) is 24.8. The second-order valence-electron chi connectivity index (χ2n) is 7.04. The van der Waals surface area contributed by atoms with Crippen LogP contribution in [0.3, 0.4) is 0 Å². The smallest absolute Gasteiger partial charge is 0.271 e. The van der Waals surface area contributed by atoms with Gasteiger partial charge in [0.05, 0.1) is 17.5 Å². The monoisotopic (exact) mass is 377 g/mol. The third kappa shape index (κ3) is 3.95. The molecule has 2 aliphatic rings. The van der Waals surface area contributed by atoms with Crippen LogP contribution in [0.15, 0.2) is 29.4 Å². The number of hydrazone groups is 1. The predicted octanol–water partition coefficient (Wildman–Crippen LogP) is 1.91. The average Bonchev–Trinajstić information content (AvgIpc) is 2.95. The fourth-order valence-corrected chi connectivity index (χ4v) is 4.99. The number of nitrogens with zero attached hydrogens (tertiary/aromatic N) is 2. The SMILES string of the molecule is CC(C)c1ccccc1NC(=O)C1=NN([C@@H]2CCS(=O)(=O)C2)C(=O)CC1. The van der Waals surface area contributed by atoms with Crippen LogP contribution in [0.2, 0.25) is 0 Å². The molecule has 26 heavy (non-hydrogen) atoms. The molecule has 0 aromatic heterocycles. The molecule has 0 spiro atoms. The number of carbonyl (C=O) groups is 2. The Morgan fingerprint density at radius 1 is 1.27 bits per heavy atom. The molecule has 0 radical (unpaired) electrons. The molecule has 1 aromatic rings. The van der Waals surface area contributed by atoms with E-state index in [1.54, 1.807) is 0 Å². The zero-order valence-electron chi connectivity index (χ0n) is 14.9. The first-order chi connectivity index (χ1) is 12.3. The Morgan fingerprint density at radius 3 is 2.65 bits per heavy atom. The number of nitrogens with one attached hydrogen (secondary N) is 1. The van der Waals surface area contributed by atoms with Crippen molar-refractivity contribution in [1.29, 1.82) is 0 Å². The molecule has 2 aliphatic heterocycles. The largest absolute Gasteiger partial charge is 0.321 e. The Kier molecular flexibility index (Phi) is 5.13. The number of para-hydroxylation sites is 1. The van der Waals surface area contributed by atoms with Gasteiger partial charge in [0.25, 0.3) is 5.91 Å². The number of anilines is 1. The molecule has 0 bridgehead atoms. The molecule has 0 unspecified atom stereocenters. The Hall–Kier alpha value is -2.22. The fourth-order valence-electron chi connectivity index (χ4n) is 3.30. The Bertz CT molecular complexity index is 861. The van der Waals surface area contributed by atoms with Gasteiger partial charge in [0.2, 0.25) is 5.91 Å². The molecule has 1 saturated heterocycles. The van der Waals surface area contributed by atoms with E-state index in [0.29, 0.717) is 6.42 Å². The molecule has 3 rings (SSSR count). The summed E-state index contributed by atoms with van der Waals surface area (Å²) in [5.74, 6) is -0.364. The summed E-state index contributed by atoms with van der Waals surface area (Å²) in [6.07, 6.45) is 0.780. The number of carbonyl (C=O) groups excluding carboxylic acids is 2. The van der Waals surface area contributed by atoms with Gasteiger partial charge in [-0.05, 0) is 24.0 Å². The van der Waals surface area contributed by atoms with Crippen LogP contribution < -0.4 is 5.32 Å². The maximum Gasteiger partial charge on any atom is 0.271 e. The van der Waals surface area contributed by atoms with E-state index >= 15 is 0 Å². The van der Waals surface area contributed by atoms with E-state index < -0.39 is 15.9 Å². The standard InChI is InChI=1S/C18H23N3O4S/c1-12(2)14-5-3-4-6-15(14)19-18(23)16-7-8-17(22)21(20-16)13-9-10-26(24,25)11-13/h3-6,12-13H,7-11H2,1-2H3,(H,19,23)/t13-/m1/s1. The van der Waals surface area contributed by atoms with Crippen LogP contribution in [-0.4, -0.2) is 48.5 Å². The zero-order chi connectivity index (χ0) is 18.9. The molecule has 2 heterocycles. The zero-order valence-corrected chi connectivity index (χ0v) is 15.8. The third-order valence-corrected chi connectivity index (χ3v) is 6.46. The molecule has 8 heteroatoms. The van der Waals surface area contributed by atoms with Gasteiger partial charge >= 0.3 is 0 Å². The van der Waals surface area contributed by atoms with Crippen molar-refractivity contribution in [3.05, 3.63) is 29.8 Å². The predicted molar refractivity (Wildman–Crippen MR) is 99.7 cm³/mol. The molecule has 1 aromatic carbocycles. The summed E-state index contributed by atoms with van der Waals surface area (Å²) in [6, 6.07) is 7.09. The van der Waals surface area contributed by atoms with Crippen molar-refractivity contribution in [2.75, 3.05) is 16.8 Å². The highest BCUT2D eigenvalue weighted by Crippen LogP contribution is 2.25. The van der Waals surface area contributed by atoms with Gasteiger partial charge in [0.1, 0.15) is 5.71 Å². The first-order valence-electron chi connectivity index (χ1n) is 8.77. The Morgan fingerprint density at radius 2 is 2.00 bits per heavy atom. The maximum absolute atomic E-state index is 12.6. The van der Waals surface area contributed by atoms with Crippen molar-refractivity contribution in [2.45, 2.75) is 45.1 Å². The van der Waals surface area contributed by atoms with Crippen molar-refractivity contribution >= 4 is 33.1 Å². The molecule has 0 saturated carbocycles. The topological polar surface area (TPSA) is 95.9 Å². The summed E-state index contributed by atoms with van der Waals surface area (Å²) in [6.45, 7) is 4.09. The Balaban J connectivity index is 1.79. The number of hydrogen-bond acceptors (Lipinski definition) is 5. The van der Waals surface area contributed by atoms with E-state index in [2.05, 4.69) is 10.4 Å². The van der Waals surface area contributed by atoms with E-state index in [0.717, 1.165) is 11.3 Å². The molecule has 0 aliphatic carbocycles. The van der Waals surface area contributed by atoms with E-state index in [9.17, 15) is 18.0 Å². The second-order valence-corrected chi connectivity index (χ2v) is 9.27. The minimum atomic E-state index is -3.13. The number of hydrogen-bond donors (Lipinski definition) is 1. The van der Waals surface area contributed by atoms with Gasteiger partial charge in [-0.3, -0.25) is 9.59 Å². The van der Waals surface area contributed by atoms with Crippen molar-refractivity contribution in [2.24, 2.45) is 5.10 Å². The van der Waals surface area contributed by atoms with Crippen LogP contribution in [0.4, 0.5) is 5.69 Å². The summed E-state index contributed by atoms with van der Waals surface area (Å²) in [5.41, 5.74) is 2.00. The first-order valence-corrected chi connectivity index (χ1v) is 10.6. The van der Waals surface area contributed by atoms with Crippen LogP contribution in [0.5, 0.6) is 0 Å². The van der Waals surface area contributed by atoms with Crippen molar-refractivity contribution < 1.29 is 18.0 Å². The lowest BCUT2D eigenvalue weighted by molar-refractivity contribution is -0.133. The minimum absolute atomic E-state index is 0.0558. The number of rotatable bonds is 4. The first kappa shape index (κ1) is 18.6. The van der Waals surface area contributed by atoms with Crippen LogP contribution in [0, 0.1) is 0 Å². The van der Waals surface area contributed by atoms with Crippen LogP contribution in [0.25, 0.3) is 0 Å². The summed E-state index contributed by atoms with van der Waals surface area (Å²) in [7, 11) is -3.13. The quantitative estimate of drug-likeness (QED) is 0.867. The van der Waals surface area contributed by atoms with Crippen LogP contribution >= 0.6 is 0 Å². The van der Waals surface area contributed by atoms with E-state index in [1.807, 2.05) is 38.1 Å². The van der Waals surface area contributed by atoms with Crippen molar-refractivity contribution in [1.82, 2.24) is 5.01 Å². The van der Waals surface area contributed by atoms with Gasteiger partial charge in [-0.25, -0.2) is 13.4 Å². The average molecular weight is 377 g/mol. The molecular formula is C18H23N3O4S. The van der Waals surface area contributed by atoms with Gasteiger partial charge in [-0.2, -0.15) is 5.10 Å². The lowest BCUT2D eigenvalue weighted by atomic mass is 10.0. The van der Waals surface area contributed by atoms with Gasteiger partial charge in [-0.1, -0.05) is 32.0 Å². The lowest BCUT2D eigenvalue weighted by Crippen LogP contribution is -2.42. The van der Waals surface area contributed by atoms with Crippen molar-refractivity contribution in [3.63, 3.8) is 0 Å². The second kappa shape index (κ2) is 7.19. The number of amides is 2. The molecule has 140 valence electrons. The summed E-state index contributed by atoms with van der Waals surface area (Å²) in [5, 5.41) is 8.29. The van der Waals surface area contributed by atoms with Gasteiger partial charge < -0.3 is 5.32 Å². The van der Waals surface area contributed by atoms with E-state index in [4.69, 9.17) is 0 Å². The molecular weight excluding hydrogens is 354 g/mol. The van der Waals surface area contributed by atoms with Gasteiger partial charge in [0, 0.05) is 18.5 Å². The Labute approximate surface area is 153 Å². The maximum atomic E-state index is 12.6. The third-order valence-electron chi connectivity index (χ3n) is 4.71. The summed E-state index contributed by atoms with van der Waals surface area (Å²) >= 11 is 0. The highest BCUT2D eigenvalue weighted by Gasteiger charge is 2.37. The number of sulfone groups is 1. The van der Waals surface area contributed by atoms with E-state index in [-0.39, 0.29) is 47.8 Å². The molecule has 1 atom stereocenters. The highest BCUT2D eigenvalue weighted by molar-refractivity contribution is 7.91. The lowest BCUT2D eigenvalue weighted by Gasteiger charge is -2.27. The molecule has 2 amide bonds. The molecule has 7 nitrogen and oxygen atoms in total. The number of benzene rings is 1. The summed E-state index contributed by atoms with van der Waals surface area (Å²) < 4.78 is 23.4. The van der Waals surface area contributed by atoms with Gasteiger partial charge in [-0.15, -0.1) is 0 Å². The van der Waals surface area contributed by atoms with Gasteiger partial charge in [0.15, 0.2) is 9.84 Å². The minimum Gasteiger partial charge on any atom is -0.321 e.